The largest absolute Gasteiger partial charge is 0.364 e. The molecule has 0 heterocycles. The average molecular weight is 442 g/mol. The Morgan fingerprint density at radius 2 is 1.71 bits per heavy atom. The predicted molar refractivity (Wildman–Crippen MR) is 141 cm³/mol. The summed E-state index contributed by atoms with van der Waals surface area (Å²) in [6, 6.07) is 33.1. The fourth-order valence-electron chi connectivity index (χ4n) is 4.07. The van der Waals surface area contributed by atoms with Crippen molar-refractivity contribution in [2.75, 3.05) is 0 Å². The van der Waals surface area contributed by atoms with Gasteiger partial charge in [-0.2, -0.15) is 5.26 Å². The monoisotopic (exact) mass is 441 g/mol. The molecule has 0 amide bonds. The van der Waals surface area contributed by atoms with Gasteiger partial charge in [0.25, 0.3) is 0 Å². The van der Waals surface area contributed by atoms with Gasteiger partial charge < -0.3 is 4.74 Å². The van der Waals surface area contributed by atoms with Crippen LogP contribution in [0.25, 0.3) is 21.9 Å². The molecule has 2 heteroatoms. The first-order valence-corrected chi connectivity index (χ1v) is 11.4. The Hall–Kier alpha value is -4.19. The minimum atomic E-state index is -0.284. The zero-order valence-electron chi connectivity index (χ0n) is 19.3. The van der Waals surface area contributed by atoms with Crippen LogP contribution in [-0.4, -0.2) is 0 Å². The molecule has 0 aromatic heterocycles. The number of rotatable bonds is 8. The molecule has 166 valence electrons. The molecule has 4 aromatic rings. The molecule has 0 fully saturated rings. The number of hydrogen-bond donors (Lipinski definition) is 0. The highest BCUT2D eigenvalue weighted by atomic mass is 16.5. The lowest BCUT2D eigenvalue weighted by Crippen LogP contribution is -2.08. The first kappa shape index (κ1) is 23.0. The summed E-state index contributed by atoms with van der Waals surface area (Å²) in [5.74, 6) is 0. The third kappa shape index (κ3) is 5.23. The van der Waals surface area contributed by atoms with E-state index in [1.54, 1.807) is 6.08 Å². The molecule has 34 heavy (non-hydrogen) atoms. The third-order valence-electron chi connectivity index (χ3n) is 5.85. The Bertz CT molecular complexity index is 1390. The van der Waals surface area contributed by atoms with Crippen LogP contribution < -0.4 is 0 Å². The molecule has 0 aliphatic rings. The minimum Gasteiger partial charge on any atom is -0.364 e. The normalized spacial score (nSPS) is 12.5. The van der Waals surface area contributed by atoms with Crippen molar-refractivity contribution < 1.29 is 4.74 Å². The van der Waals surface area contributed by atoms with Crippen molar-refractivity contribution in [2.45, 2.75) is 19.6 Å². The van der Waals surface area contributed by atoms with E-state index in [2.05, 4.69) is 67.3 Å². The van der Waals surface area contributed by atoms with Crippen LogP contribution in [0.4, 0.5) is 0 Å². The molecule has 0 aliphatic heterocycles. The van der Waals surface area contributed by atoms with Crippen molar-refractivity contribution in [1.29, 1.82) is 5.26 Å². The fourth-order valence-corrected chi connectivity index (χ4v) is 4.07. The van der Waals surface area contributed by atoms with Gasteiger partial charge in [0.2, 0.25) is 0 Å². The molecule has 0 saturated carbocycles. The number of ether oxygens (including phenoxy) is 1. The topological polar surface area (TPSA) is 33.0 Å². The van der Waals surface area contributed by atoms with E-state index in [9.17, 15) is 5.26 Å². The van der Waals surface area contributed by atoms with Gasteiger partial charge >= 0.3 is 0 Å². The fraction of sp³-hybridized carbons (Fsp3) is 0.0938. The summed E-state index contributed by atoms with van der Waals surface area (Å²) in [6.07, 6.45) is 7.48. The predicted octanol–water partition coefficient (Wildman–Crippen LogP) is 8.32. The van der Waals surface area contributed by atoms with Crippen LogP contribution in [0.15, 0.2) is 127 Å². The number of hydrogen-bond acceptors (Lipinski definition) is 2. The Morgan fingerprint density at radius 3 is 2.44 bits per heavy atom. The number of fused-ring (bicyclic) bond motifs is 1. The van der Waals surface area contributed by atoms with E-state index in [-0.39, 0.29) is 6.10 Å². The van der Waals surface area contributed by atoms with Crippen LogP contribution >= 0.6 is 0 Å². The van der Waals surface area contributed by atoms with Crippen molar-refractivity contribution >= 4 is 10.8 Å². The van der Waals surface area contributed by atoms with Crippen molar-refractivity contribution in [3.05, 3.63) is 144 Å². The maximum Gasteiger partial charge on any atom is 0.108 e. The quantitative estimate of drug-likeness (QED) is 0.258. The lowest BCUT2D eigenvalue weighted by atomic mass is 9.92. The van der Waals surface area contributed by atoms with Crippen LogP contribution in [0.5, 0.6) is 0 Å². The zero-order valence-corrected chi connectivity index (χ0v) is 19.3. The van der Waals surface area contributed by atoms with Gasteiger partial charge in [-0.05, 0) is 63.7 Å². The lowest BCUT2D eigenvalue weighted by molar-refractivity contribution is 0.0662. The summed E-state index contributed by atoms with van der Waals surface area (Å²) in [5, 5.41) is 12.2. The molecule has 0 aliphatic carbocycles. The summed E-state index contributed by atoms with van der Waals surface area (Å²) >= 11 is 0. The molecule has 1 unspecified atom stereocenters. The third-order valence-corrected chi connectivity index (χ3v) is 5.85. The standard InChI is InChI=1S/C32H27NO/c1-3-5-13-25(4-2)32(34-23-24-11-7-6-8-12-24)29-18-19-30(22-33)31(21-29)28-17-16-26-14-9-10-15-27(26)20-28/h3-21,32H,1,23H2,2H3/b13-5-,25-4+. The smallest absolute Gasteiger partial charge is 0.108 e. The number of nitrogens with zero attached hydrogens (tertiary/aromatic N) is 1. The number of allylic oxidation sites excluding steroid dienone is 3. The second-order valence-corrected chi connectivity index (χ2v) is 8.04. The summed E-state index contributed by atoms with van der Waals surface area (Å²) in [6.45, 7) is 6.29. The van der Waals surface area contributed by atoms with Crippen molar-refractivity contribution in [1.82, 2.24) is 0 Å². The summed E-state index contributed by atoms with van der Waals surface area (Å²) < 4.78 is 6.46. The Morgan fingerprint density at radius 1 is 0.941 bits per heavy atom. The average Bonchev–Trinajstić information content (AvgIpc) is 2.90. The van der Waals surface area contributed by atoms with Crippen LogP contribution in [0.3, 0.4) is 0 Å². The lowest BCUT2D eigenvalue weighted by Gasteiger charge is -2.21. The van der Waals surface area contributed by atoms with Gasteiger partial charge in [0.15, 0.2) is 0 Å². The number of nitriles is 1. The molecule has 4 aromatic carbocycles. The maximum absolute atomic E-state index is 9.83. The highest BCUT2D eigenvalue weighted by Crippen LogP contribution is 2.34. The van der Waals surface area contributed by atoms with E-state index in [1.807, 2.05) is 61.5 Å². The first-order valence-electron chi connectivity index (χ1n) is 11.4. The van der Waals surface area contributed by atoms with E-state index in [0.29, 0.717) is 12.2 Å². The molecule has 0 spiro atoms. The van der Waals surface area contributed by atoms with Gasteiger partial charge in [-0.25, -0.2) is 0 Å². The van der Waals surface area contributed by atoms with E-state index in [0.717, 1.165) is 33.2 Å². The van der Waals surface area contributed by atoms with Crippen LogP contribution in [0.2, 0.25) is 0 Å². The van der Waals surface area contributed by atoms with E-state index < -0.39 is 0 Å². The molecule has 0 saturated heterocycles. The molecular weight excluding hydrogens is 414 g/mol. The van der Waals surface area contributed by atoms with E-state index >= 15 is 0 Å². The molecular formula is C32H27NO. The highest BCUT2D eigenvalue weighted by molar-refractivity contribution is 5.88. The molecule has 0 N–H and O–H groups in total. The summed E-state index contributed by atoms with van der Waals surface area (Å²) in [5.41, 5.74) is 5.71. The van der Waals surface area contributed by atoms with Gasteiger partial charge in [0.1, 0.15) is 6.10 Å². The Labute approximate surface area is 201 Å². The van der Waals surface area contributed by atoms with Crippen molar-refractivity contribution in [3.63, 3.8) is 0 Å². The van der Waals surface area contributed by atoms with Crippen LogP contribution in [0, 0.1) is 11.3 Å². The van der Waals surface area contributed by atoms with Gasteiger partial charge in [0.05, 0.1) is 18.2 Å². The highest BCUT2D eigenvalue weighted by Gasteiger charge is 2.18. The number of benzene rings is 4. The van der Waals surface area contributed by atoms with Crippen molar-refractivity contribution in [3.8, 4) is 17.2 Å². The van der Waals surface area contributed by atoms with Gasteiger partial charge in [-0.1, -0.05) is 104 Å². The first-order chi connectivity index (χ1) is 16.7. The Kier molecular flexibility index (Phi) is 7.50. The molecule has 0 radical (unpaired) electrons. The van der Waals surface area contributed by atoms with Gasteiger partial charge in [-0.15, -0.1) is 0 Å². The van der Waals surface area contributed by atoms with Crippen molar-refractivity contribution in [2.24, 2.45) is 0 Å². The zero-order chi connectivity index (χ0) is 23.8. The molecule has 1 atom stereocenters. The maximum atomic E-state index is 9.83. The molecule has 0 bridgehead atoms. The summed E-state index contributed by atoms with van der Waals surface area (Å²) in [7, 11) is 0. The van der Waals surface area contributed by atoms with E-state index in [1.165, 1.54) is 5.39 Å². The summed E-state index contributed by atoms with van der Waals surface area (Å²) in [4.78, 5) is 0. The Balaban J connectivity index is 1.77. The van der Waals surface area contributed by atoms with Crippen LogP contribution in [0.1, 0.15) is 29.7 Å². The van der Waals surface area contributed by atoms with Crippen LogP contribution in [-0.2, 0) is 11.3 Å². The van der Waals surface area contributed by atoms with Gasteiger partial charge in [-0.3, -0.25) is 0 Å². The second kappa shape index (κ2) is 11.1. The second-order valence-electron chi connectivity index (χ2n) is 8.04. The van der Waals surface area contributed by atoms with E-state index in [4.69, 9.17) is 4.74 Å². The molecule has 2 nitrogen and oxygen atoms in total. The minimum absolute atomic E-state index is 0.284. The van der Waals surface area contributed by atoms with Gasteiger partial charge in [0, 0.05) is 0 Å². The molecule has 4 rings (SSSR count). The SMILES string of the molecule is C=C/C=C\C(=C/C)C(OCc1ccccc1)c1ccc(C#N)c(-c2ccc3ccccc3c2)c1.